The smallest absolute Gasteiger partial charge is 0.259 e. The number of para-hydroxylation sites is 1. The lowest BCUT2D eigenvalue weighted by molar-refractivity contribution is 0.102. The summed E-state index contributed by atoms with van der Waals surface area (Å²) in [5.41, 5.74) is 0.544. The highest BCUT2D eigenvalue weighted by Crippen LogP contribution is 2.32. The van der Waals surface area contributed by atoms with Crippen LogP contribution in [-0.2, 0) is 0 Å². The Morgan fingerprint density at radius 2 is 1.72 bits per heavy atom. The zero-order valence-corrected chi connectivity index (χ0v) is 14.4. The molecular weight excluding hydrogens is 361 g/mol. The van der Waals surface area contributed by atoms with Crippen LogP contribution in [0.15, 0.2) is 66.7 Å². The molecule has 0 spiro atoms. The third kappa shape index (κ3) is 4.24. The highest BCUT2D eigenvalue weighted by Gasteiger charge is 2.13. The van der Waals surface area contributed by atoms with E-state index in [0.29, 0.717) is 27.2 Å². The summed E-state index contributed by atoms with van der Waals surface area (Å²) < 4.78 is 5.69. The van der Waals surface area contributed by atoms with Crippen LogP contribution in [0.5, 0.6) is 17.2 Å². The van der Waals surface area contributed by atoms with E-state index >= 15 is 0 Å². The number of phenolic OH excluding ortho intramolecular Hbond substituents is 1. The van der Waals surface area contributed by atoms with Crippen LogP contribution >= 0.6 is 23.2 Å². The van der Waals surface area contributed by atoms with E-state index in [9.17, 15) is 9.90 Å². The van der Waals surface area contributed by atoms with Gasteiger partial charge in [0.05, 0.1) is 10.6 Å². The molecule has 3 aromatic rings. The van der Waals surface area contributed by atoms with Crippen LogP contribution in [0.4, 0.5) is 5.69 Å². The van der Waals surface area contributed by atoms with Gasteiger partial charge in [-0.2, -0.15) is 0 Å². The van der Waals surface area contributed by atoms with Gasteiger partial charge in [0.2, 0.25) is 0 Å². The van der Waals surface area contributed by atoms with Gasteiger partial charge in [0.15, 0.2) is 0 Å². The maximum absolute atomic E-state index is 12.3. The molecule has 0 bridgehead atoms. The lowest BCUT2D eigenvalue weighted by Gasteiger charge is -2.11. The van der Waals surface area contributed by atoms with E-state index in [1.807, 2.05) is 30.3 Å². The molecular formula is C19H13Cl2NO3. The van der Waals surface area contributed by atoms with Crippen molar-refractivity contribution in [2.45, 2.75) is 0 Å². The molecule has 0 unspecified atom stereocenters. The number of benzene rings is 3. The Labute approximate surface area is 154 Å². The second kappa shape index (κ2) is 7.47. The number of amides is 1. The first kappa shape index (κ1) is 17.1. The molecule has 126 valence electrons. The van der Waals surface area contributed by atoms with Crippen molar-refractivity contribution in [3.8, 4) is 17.2 Å². The first-order chi connectivity index (χ1) is 12.0. The van der Waals surface area contributed by atoms with Crippen LogP contribution in [0.1, 0.15) is 10.4 Å². The zero-order valence-electron chi connectivity index (χ0n) is 12.9. The minimum atomic E-state index is -0.493. The van der Waals surface area contributed by atoms with Gasteiger partial charge in [0, 0.05) is 10.7 Å². The highest BCUT2D eigenvalue weighted by molar-refractivity contribution is 6.32. The summed E-state index contributed by atoms with van der Waals surface area (Å²) in [5, 5.41) is 13.1. The summed E-state index contributed by atoms with van der Waals surface area (Å²) in [5.74, 6) is 0.478. The second-order valence-corrected chi connectivity index (χ2v) is 6.02. The van der Waals surface area contributed by atoms with Gasteiger partial charge in [-0.1, -0.05) is 41.4 Å². The van der Waals surface area contributed by atoms with Crippen molar-refractivity contribution in [2.24, 2.45) is 0 Å². The van der Waals surface area contributed by atoms with Crippen LogP contribution in [0, 0.1) is 0 Å². The lowest BCUT2D eigenvalue weighted by Crippen LogP contribution is -2.12. The average molecular weight is 374 g/mol. The van der Waals surface area contributed by atoms with E-state index in [1.54, 1.807) is 18.2 Å². The van der Waals surface area contributed by atoms with Crippen LogP contribution in [-0.4, -0.2) is 11.0 Å². The molecule has 3 aromatic carbocycles. The number of hydrogen-bond acceptors (Lipinski definition) is 3. The minimum Gasteiger partial charge on any atom is -0.507 e. The number of carbonyl (C=O) groups is 1. The molecule has 3 rings (SSSR count). The minimum absolute atomic E-state index is 0.0771. The molecule has 0 saturated carbocycles. The SMILES string of the molecule is O=C(Nc1ccc(Oc2ccccc2)c(Cl)c1)c1cc(Cl)ccc1O. The Balaban J connectivity index is 1.76. The van der Waals surface area contributed by atoms with Crippen molar-refractivity contribution < 1.29 is 14.6 Å². The molecule has 0 atom stereocenters. The Morgan fingerprint density at radius 1 is 0.960 bits per heavy atom. The first-order valence-corrected chi connectivity index (χ1v) is 8.11. The maximum Gasteiger partial charge on any atom is 0.259 e. The summed E-state index contributed by atoms with van der Waals surface area (Å²) in [6.45, 7) is 0. The average Bonchev–Trinajstić information content (AvgIpc) is 2.60. The second-order valence-electron chi connectivity index (χ2n) is 5.18. The highest BCUT2D eigenvalue weighted by atomic mass is 35.5. The number of anilines is 1. The normalized spacial score (nSPS) is 10.3. The largest absolute Gasteiger partial charge is 0.507 e. The summed E-state index contributed by atoms with van der Waals surface area (Å²) in [7, 11) is 0. The fourth-order valence-corrected chi connectivity index (χ4v) is 2.56. The van der Waals surface area contributed by atoms with Gasteiger partial charge in [-0.25, -0.2) is 0 Å². The zero-order chi connectivity index (χ0) is 17.8. The van der Waals surface area contributed by atoms with Gasteiger partial charge in [-0.3, -0.25) is 4.79 Å². The Bertz CT molecular complexity index is 914. The standard InChI is InChI=1S/C19H13Cl2NO3/c20-12-6-8-17(23)15(10-12)19(24)22-13-7-9-18(16(21)11-13)25-14-4-2-1-3-5-14/h1-11,23H,(H,22,24). The van der Waals surface area contributed by atoms with Crippen LogP contribution in [0.25, 0.3) is 0 Å². The molecule has 0 aliphatic carbocycles. The Kier molecular flexibility index (Phi) is 5.12. The number of hydrogen-bond donors (Lipinski definition) is 2. The molecule has 0 aliphatic rings. The van der Waals surface area contributed by atoms with Crippen molar-refractivity contribution in [3.63, 3.8) is 0 Å². The van der Waals surface area contributed by atoms with E-state index in [4.69, 9.17) is 27.9 Å². The van der Waals surface area contributed by atoms with Gasteiger partial charge < -0.3 is 15.2 Å². The molecule has 1 amide bonds. The predicted octanol–water partition coefficient (Wildman–Crippen LogP) is 5.74. The summed E-state index contributed by atoms with van der Waals surface area (Å²) in [6, 6.07) is 18.4. The van der Waals surface area contributed by atoms with E-state index in [2.05, 4.69) is 5.32 Å². The molecule has 6 heteroatoms. The number of ether oxygens (including phenoxy) is 1. The third-order valence-corrected chi connectivity index (χ3v) is 3.89. The molecule has 2 N–H and O–H groups in total. The number of rotatable bonds is 4. The van der Waals surface area contributed by atoms with E-state index in [1.165, 1.54) is 18.2 Å². The van der Waals surface area contributed by atoms with Crippen molar-refractivity contribution in [1.29, 1.82) is 0 Å². The van der Waals surface area contributed by atoms with Crippen molar-refractivity contribution in [2.75, 3.05) is 5.32 Å². The van der Waals surface area contributed by atoms with Gasteiger partial charge in [0.25, 0.3) is 5.91 Å². The molecule has 0 heterocycles. The predicted molar refractivity (Wildman–Crippen MR) is 99.0 cm³/mol. The van der Waals surface area contributed by atoms with Crippen LogP contribution in [0.2, 0.25) is 10.0 Å². The monoisotopic (exact) mass is 373 g/mol. The number of nitrogens with one attached hydrogen (secondary N) is 1. The van der Waals surface area contributed by atoms with Crippen LogP contribution in [0.3, 0.4) is 0 Å². The summed E-state index contributed by atoms with van der Waals surface area (Å²) in [6.07, 6.45) is 0. The summed E-state index contributed by atoms with van der Waals surface area (Å²) >= 11 is 12.1. The number of phenols is 1. The molecule has 0 fully saturated rings. The lowest BCUT2D eigenvalue weighted by atomic mass is 10.2. The molecule has 0 saturated heterocycles. The third-order valence-electron chi connectivity index (χ3n) is 3.36. The quantitative estimate of drug-likeness (QED) is 0.612. The number of halogens is 2. The van der Waals surface area contributed by atoms with E-state index in [-0.39, 0.29) is 11.3 Å². The van der Waals surface area contributed by atoms with Crippen LogP contribution < -0.4 is 10.1 Å². The molecule has 0 radical (unpaired) electrons. The molecule has 0 aromatic heterocycles. The first-order valence-electron chi connectivity index (χ1n) is 7.35. The Morgan fingerprint density at radius 3 is 2.44 bits per heavy atom. The maximum atomic E-state index is 12.3. The van der Waals surface area contributed by atoms with Crippen molar-refractivity contribution >= 4 is 34.8 Å². The number of carbonyl (C=O) groups excluding carboxylic acids is 1. The molecule has 25 heavy (non-hydrogen) atoms. The number of aromatic hydroxyl groups is 1. The topological polar surface area (TPSA) is 58.6 Å². The van der Waals surface area contributed by atoms with Crippen molar-refractivity contribution in [3.05, 3.63) is 82.3 Å². The van der Waals surface area contributed by atoms with Crippen molar-refractivity contribution in [1.82, 2.24) is 0 Å². The van der Waals surface area contributed by atoms with E-state index < -0.39 is 5.91 Å². The fraction of sp³-hybridized carbons (Fsp3) is 0. The van der Waals surface area contributed by atoms with E-state index in [0.717, 1.165) is 0 Å². The van der Waals surface area contributed by atoms with Gasteiger partial charge in [-0.05, 0) is 48.5 Å². The van der Waals surface area contributed by atoms with Gasteiger partial charge >= 0.3 is 0 Å². The van der Waals surface area contributed by atoms with Gasteiger partial charge in [-0.15, -0.1) is 0 Å². The summed E-state index contributed by atoms with van der Waals surface area (Å²) in [4.78, 5) is 12.3. The Hall–Kier alpha value is -2.69. The molecule has 0 aliphatic heterocycles. The van der Waals surface area contributed by atoms with Gasteiger partial charge in [0.1, 0.15) is 17.2 Å². The fourth-order valence-electron chi connectivity index (χ4n) is 2.17. The molecule has 4 nitrogen and oxygen atoms in total.